The highest BCUT2D eigenvalue weighted by Crippen LogP contribution is 2.32. The summed E-state index contributed by atoms with van der Waals surface area (Å²) in [5.74, 6) is 0.450. The standard InChI is InChI=1S/C24H18Br2/c25-23-11-7-17(8-12-23)19-3-1-5-21(15-19)22-6-2-4-20(16-22)18-9-13-24(26)14-10-18/h1-9,11-16,18H,10H2. The van der Waals surface area contributed by atoms with Gasteiger partial charge >= 0.3 is 0 Å². The molecule has 0 heterocycles. The Morgan fingerprint density at radius 2 is 1.35 bits per heavy atom. The highest BCUT2D eigenvalue weighted by Gasteiger charge is 2.11. The van der Waals surface area contributed by atoms with Gasteiger partial charge in [0.25, 0.3) is 0 Å². The Kier molecular flexibility index (Phi) is 5.23. The van der Waals surface area contributed by atoms with Crippen molar-refractivity contribution in [1.29, 1.82) is 0 Å². The summed E-state index contributed by atoms with van der Waals surface area (Å²) in [5.41, 5.74) is 6.36. The number of hydrogen-bond donors (Lipinski definition) is 0. The molecule has 0 bridgehead atoms. The van der Waals surface area contributed by atoms with Crippen LogP contribution in [0, 0.1) is 0 Å². The lowest BCUT2D eigenvalue weighted by molar-refractivity contribution is 0.853. The van der Waals surface area contributed by atoms with Crippen LogP contribution in [0.15, 0.2) is 100.0 Å². The molecule has 3 aromatic rings. The predicted octanol–water partition coefficient (Wildman–Crippen LogP) is 8.11. The van der Waals surface area contributed by atoms with E-state index in [0.29, 0.717) is 5.92 Å². The van der Waals surface area contributed by atoms with Crippen molar-refractivity contribution >= 4 is 31.9 Å². The number of hydrogen-bond acceptors (Lipinski definition) is 0. The molecule has 0 radical (unpaired) electrons. The lowest BCUT2D eigenvalue weighted by Gasteiger charge is -2.16. The number of halogens is 2. The lowest BCUT2D eigenvalue weighted by atomic mass is 9.90. The molecule has 0 spiro atoms. The third kappa shape index (κ3) is 3.92. The largest absolute Gasteiger partial charge is 0.0756 e. The molecule has 0 saturated heterocycles. The quantitative estimate of drug-likeness (QED) is 0.366. The van der Waals surface area contributed by atoms with Crippen molar-refractivity contribution in [1.82, 2.24) is 0 Å². The first-order valence-corrected chi connectivity index (χ1v) is 10.3. The number of allylic oxidation sites excluding steroid dienone is 4. The molecule has 0 nitrogen and oxygen atoms in total. The summed E-state index contributed by atoms with van der Waals surface area (Å²) in [6, 6.07) is 26.2. The van der Waals surface area contributed by atoms with Crippen LogP contribution in [-0.2, 0) is 0 Å². The molecule has 0 fully saturated rings. The normalized spacial score (nSPS) is 16.4. The average Bonchev–Trinajstić information content (AvgIpc) is 2.69. The van der Waals surface area contributed by atoms with E-state index in [4.69, 9.17) is 0 Å². The summed E-state index contributed by atoms with van der Waals surface area (Å²) in [5, 5.41) is 0. The van der Waals surface area contributed by atoms with Gasteiger partial charge in [-0.2, -0.15) is 0 Å². The van der Waals surface area contributed by atoms with Crippen molar-refractivity contribution in [2.45, 2.75) is 12.3 Å². The molecular weight excluding hydrogens is 448 g/mol. The van der Waals surface area contributed by atoms with Gasteiger partial charge in [-0.05, 0) is 52.4 Å². The Morgan fingerprint density at radius 1 is 0.692 bits per heavy atom. The molecule has 4 rings (SSSR count). The minimum atomic E-state index is 0.450. The zero-order valence-corrected chi connectivity index (χ0v) is 17.4. The topological polar surface area (TPSA) is 0 Å². The third-order valence-electron chi connectivity index (χ3n) is 4.74. The van der Waals surface area contributed by atoms with Crippen LogP contribution >= 0.6 is 31.9 Å². The Bertz CT molecular complexity index is 981. The van der Waals surface area contributed by atoms with Gasteiger partial charge in [0.05, 0.1) is 0 Å². The maximum absolute atomic E-state index is 3.55. The Balaban J connectivity index is 1.66. The summed E-state index contributed by atoms with van der Waals surface area (Å²) in [4.78, 5) is 0. The first-order chi connectivity index (χ1) is 12.7. The van der Waals surface area contributed by atoms with E-state index in [1.54, 1.807) is 0 Å². The van der Waals surface area contributed by atoms with Gasteiger partial charge in [0.2, 0.25) is 0 Å². The Morgan fingerprint density at radius 3 is 2.04 bits per heavy atom. The fourth-order valence-electron chi connectivity index (χ4n) is 3.31. The summed E-state index contributed by atoms with van der Waals surface area (Å²) < 4.78 is 2.28. The van der Waals surface area contributed by atoms with Gasteiger partial charge in [-0.25, -0.2) is 0 Å². The van der Waals surface area contributed by atoms with Crippen LogP contribution in [0.1, 0.15) is 17.9 Å². The van der Waals surface area contributed by atoms with Crippen LogP contribution < -0.4 is 0 Å². The van der Waals surface area contributed by atoms with E-state index in [-0.39, 0.29) is 0 Å². The van der Waals surface area contributed by atoms with Gasteiger partial charge in [0, 0.05) is 14.9 Å². The zero-order chi connectivity index (χ0) is 17.9. The fourth-order valence-corrected chi connectivity index (χ4v) is 3.91. The van der Waals surface area contributed by atoms with Crippen molar-refractivity contribution in [3.8, 4) is 22.3 Å². The average molecular weight is 466 g/mol. The monoisotopic (exact) mass is 464 g/mol. The van der Waals surface area contributed by atoms with Gasteiger partial charge in [0.1, 0.15) is 0 Å². The lowest BCUT2D eigenvalue weighted by Crippen LogP contribution is -1.97. The Hall–Kier alpha value is -1.90. The van der Waals surface area contributed by atoms with Crippen molar-refractivity contribution < 1.29 is 0 Å². The van der Waals surface area contributed by atoms with Crippen LogP contribution in [0.3, 0.4) is 0 Å². The molecule has 1 aliphatic rings. The van der Waals surface area contributed by atoms with Crippen molar-refractivity contribution in [2.24, 2.45) is 0 Å². The van der Waals surface area contributed by atoms with E-state index < -0.39 is 0 Å². The maximum atomic E-state index is 3.55. The van der Waals surface area contributed by atoms with E-state index in [2.05, 4.69) is 123 Å². The molecule has 0 aromatic heterocycles. The van der Waals surface area contributed by atoms with Crippen LogP contribution in [-0.4, -0.2) is 0 Å². The molecule has 0 N–H and O–H groups in total. The number of rotatable bonds is 3. The van der Waals surface area contributed by atoms with Gasteiger partial charge < -0.3 is 0 Å². The molecule has 128 valence electrons. The van der Waals surface area contributed by atoms with Crippen molar-refractivity contribution in [2.75, 3.05) is 0 Å². The van der Waals surface area contributed by atoms with E-state index in [0.717, 1.165) is 10.9 Å². The third-order valence-corrected chi connectivity index (χ3v) is 5.86. The van der Waals surface area contributed by atoms with Crippen LogP contribution in [0.2, 0.25) is 0 Å². The first-order valence-electron chi connectivity index (χ1n) is 8.69. The van der Waals surface area contributed by atoms with E-state index in [1.807, 2.05) is 0 Å². The highest BCUT2D eigenvalue weighted by molar-refractivity contribution is 9.12. The maximum Gasteiger partial charge on any atom is 0.0175 e. The molecule has 0 saturated carbocycles. The van der Waals surface area contributed by atoms with Crippen molar-refractivity contribution in [3.63, 3.8) is 0 Å². The molecule has 1 aliphatic carbocycles. The van der Waals surface area contributed by atoms with Gasteiger partial charge in [-0.3, -0.25) is 0 Å². The molecule has 3 aromatic carbocycles. The smallest absolute Gasteiger partial charge is 0.0175 e. The summed E-state index contributed by atoms with van der Waals surface area (Å²) in [7, 11) is 0. The van der Waals surface area contributed by atoms with Crippen molar-refractivity contribution in [3.05, 3.63) is 106 Å². The molecule has 1 unspecified atom stereocenters. The summed E-state index contributed by atoms with van der Waals surface area (Å²) in [6.07, 6.45) is 7.71. The molecule has 26 heavy (non-hydrogen) atoms. The molecule has 0 amide bonds. The summed E-state index contributed by atoms with van der Waals surface area (Å²) in [6.45, 7) is 0. The minimum Gasteiger partial charge on any atom is -0.0756 e. The van der Waals surface area contributed by atoms with Crippen LogP contribution in [0.4, 0.5) is 0 Å². The zero-order valence-electron chi connectivity index (χ0n) is 14.2. The highest BCUT2D eigenvalue weighted by atomic mass is 79.9. The molecule has 2 heteroatoms. The van der Waals surface area contributed by atoms with E-state index in [9.17, 15) is 0 Å². The van der Waals surface area contributed by atoms with Gasteiger partial charge in [-0.1, -0.05) is 105 Å². The SMILES string of the molecule is BrC1=CCC(c2cccc(-c3cccc(-c4ccc(Br)cc4)c3)c2)C=C1. The second kappa shape index (κ2) is 7.77. The summed E-state index contributed by atoms with van der Waals surface area (Å²) >= 11 is 7.05. The van der Waals surface area contributed by atoms with E-state index in [1.165, 1.54) is 32.3 Å². The Labute approximate surface area is 171 Å². The van der Waals surface area contributed by atoms with E-state index >= 15 is 0 Å². The second-order valence-corrected chi connectivity index (χ2v) is 8.33. The first kappa shape index (κ1) is 17.5. The van der Waals surface area contributed by atoms with Gasteiger partial charge in [-0.15, -0.1) is 0 Å². The molecule has 1 atom stereocenters. The fraction of sp³-hybridized carbons (Fsp3) is 0.0833. The van der Waals surface area contributed by atoms with Gasteiger partial charge in [0.15, 0.2) is 0 Å². The second-order valence-electron chi connectivity index (χ2n) is 6.50. The predicted molar refractivity (Wildman–Crippen MR) is 119 cm³/mol. The molecule has 0 aliphatic heterocycles. The molecular formula is C24H18Br2. The number of benzene rings is 3. The minimum absolute atomic E-state index is 0.450. The van der Waals surface area contributed by atoms with Crippen LogP contribution in [0.5, 0.6) is 0 Å². The van der Waals surface area contributed by atoms with Crippen LogP contribution in [0.25, 0.3) is 22.3 Å².